The Morgan fingerprint density at radius 1 is 1.47 bits per heavy atom. The average molecular weight is 266 g/mol. The quantitative estimate of drug-likeness (QED) is 0.657. The smallest absolute Gasteiger partial charge is 0.282 e. The third kappa shape index (κ3) is 3.27. The summed E-state index contributed by atoms with van der Waals surface area (Å²) in [5.41, 5.74) is -0.596. The molecule has 1 N–H and O–H groups in total. The molecule has 102 valence electrons. The van der Waals surface area contributed by atoms with Crippen molar-refractivity contribution in [3.8, 4) is 0 Å². The average Bonchev–Trinajstić information content (AvgIpc) is 2.31. The highest BCUT2D eigenvalue weighted by Gasteiger charge is 2.21. The topological polar surface area (TPSA) is 72.2 Å². The summed E-state index contributed by atoms with van der Waals surface area (Å²) in [5.74, 6) is -0.608. The molecule has 1 fully saturated rings. The Bertz CT molecular complexity index is 501. The molecule has 0 aromatic heterocycles. The maximum atomic E-state index is 13.1. The monoisotopic (exact) mass is 266 g/mol. The van der Waals surface area contributed by atoms with E-state index in [1.807, 2.05) is 0 Å². The summed E-state index contributed by atoms with van der Waals surface area (Å²) in [4.78, 5) is 21.9. The van der Waals surface area contributed by atoms with Gasteiger partial charge in [-0.25, -0.2) is 4.39 Å². The van der Waals surface area contributed by atoms with Gasteiger partial charge in [0.25, 0.3) is 11.6 Å². The van der Waals surface area contributed by atoms with E-state index in [9.17, 15) is 19.3 Å². The van der Waals surface area contributed by atoms with Crippen LogP contribution in [0.15, 0.2) is 18.2 Å². The molecule has 1 saturated carbocycles. The molecule has 1 aliphatic carbocycles. The van der Waals surface area contributed by atoms with Crippen LogP contribution < -0.4 is 5.32 Å². The molecule has 1 aromatic rings. The second-order valence-corrected chi connectivity index (χ2v) is 4.76. The minimum Gasteiger partial charge on any atom is -0.352 e. The molecule has 0 saturated heterocycles. The van der Waals surface area contributed by atoms with Crippen molar-refractivity contribution in [1.29, 1.82) is 0 Å². The Kier molecular flexibility index (Phi) is 4.09. The number of halogens is 1. The van der Waals surface area contributed by atoms with Crippen LogP contribution in [0.5, 0.6) is 0 Å². The second-order valence-electron chi connectivity index (χ2n) is 4.76. The fraction of sp³-hybridized carbons (Fsp3) is 0.462. The number of nitro groups is 1. The van der Waals surface area contributed by atoms with Crippen LogP contribution in [0.4, 0.5) is 10.1 Å². The van der Waals surface area contributed by atoms with Crippen molar-refractivity contribution in [2.45, 2.75) is 25.7 Å². The van der Waals surface area contributed by atoms with E-state index in [-0.39, 0.29) is 11.3 Å². The Hall–Kier alpha value is -1.98. The van der Waals surface area contributed by atoms with Gasteiger partial charge in [-0.1, -0.05) is 19.3 Å². The zero-order valence-electron chi connectivity index (χ0n) is 10.4. The molecule has 0 heterocycles. The highest BCUT2D eigenvalue weighted by molar-refractivity contribution is 5.98. The van der Waals surface area contributed by atoms with Gasteiger partial charge in [0.15, 0.2) is 0 Å². The number of nitro benzene ring substituents is 1. The van der Waals surface area contributed by atoms with Gasteiger partial charge in [-0.05, 0) is 24.5 Å². The summed E-state index contributed by atoms with van der Waals surface area (Å²) < 4.78 is 13.1. The number of carbonyl (C=O) groups is 1. The van der Waals surface area contributed by atoms with Gasteiger partial charge in [0.05, 0.1) is 4.92 Å². The van der Waals surface area contributed by atoms with Crippen molar-refractivity contribution in [1.82, 2.24) is 5.32 Å². The van der Waals surface area contributed by atoms with Crippen LogP contribution in [0.25, 0.3) is 0 Å². The lowest BCUT2D eigenvalue weighted by atomic mass is 9.83. The Morgan fingerprint density at radius 3 is 2.79 bits per heavy atom. The van der Waals surface area contributed by atoms with Crippen molar-refractivity contribution in [3.05, 3.63) is 39.7 Å². The van der Waals surface area contributed by atoms with E-state index in [1.165, 1.54) is 19.3 Å². The third-order valence-electron chi connectivity index (χ3n) is 3.46. The van der Waals surface area contributed by atoms with Gasteiger partial charge in [0.1, 0.15) is 11.4 Å². The second kappa shape index (κ2) is 5.77. The van der Waals surface area contributed by atoms with Crippen LogP contribution in [0, 0.1) is 21.8 Å². The molecule has 0 radical (unpaired) electrons. The van der Waals surface area contributed by atoms with Crippen molar-refractivity contribution in [2.75, 3.05) is 6.54 Å². The predicted molar refractivity (Wildman–Crippen MR) is 67.3 cm³/mol. The summed E-state index contributed by atoms with van der Waals surface area (Å²) in [5, 5.41) is 13.4. The Labute approximate surface area is 110 Å². The van der Waals surface area contributed by atoms with Crippen molar-refractivity contribution in [2.24, 2.45) is 5.92 Å². The molecule has 0 spiro atoms. The number of carbonyl (C=O) groups excluding carboxylic acids is 1. The highest BCUT2D eigenvalue weighted by atomic mass is 19.1. The van der Waals surface area contributed by atoms with Gasteiger partial charge in [-0.2, -0.15) is 0 Å². The van der Waals surface area contributed by atoms with Crippen LogP contribution >= 0.6 is 0 Å². The first-order valence-corrected chi connectivity index (χ1v) is 6.30. The molecule has 2 rings (SSSR count). The first kappa shape index (κ1) is 13.5. The molecule has 6 heteroatoms. The lowest BCUT2D eigenvalue weighted by Gasteiger charge is -2.25. The number of benzene rings is 1. The van der Waals surface area contributed by atoms with Crippen LogP contribution in [0.3, 0.4) is 0 Å². The molecule has 1 aromatic carbocycles. The maximum absolute atomic E-state index is 13.1. The molecule has 19 heavy (non-hydrogen) atoms. The number of nitrogens with zero attached hydrogens (tertiary/aromatic N) is 1. The lowest BCUT2D eigenvalue weighted by Crippen LogP contribution is -2.28. The molecule has 0 bridgehead atoms. The lowest BCUT2D eigenvalue weighted by molar-refractivity contribution is -0.385. The summed E-state index contributed by atoms with van der Waals surface area (Å²) in [6.45, 7) is 0.469. The first-order chi connectivity index (χ1) is 9.08. The molecular weight excluding hydrogens is 251 g/mol. The normalized spacial score (nSPS) is 14.8. The molecule has 0 atom stereocenters. The highest BCUT2D eigenvalue weighted by Crippen LogP contribution is 2.28. The number of amides is 1. The predicted octanol–water partition coefficient (Wildman–Crippen LogP) is 2.65. The zero-order chi connectivity index (χ0) is 13.8. The van der Waals surface area contributed by atoms with Crippen molar-refractivity contribution in [3.63, 3.8) is 0 Å². The van der Waals surface area contributed by atoms with Gasteiger partial charge in [-0.3, -0.25) is 14.9 Å². The van der Waals surface area contributed by atoms with Crippen LogP contribution in [-0.2, 0) is 0 Å². The summed E-state index contributed by atoms with van der Waals surface area (Å²) >= 11 is 0. The SMILES string of the molecule is O=C(NCCC1CCC1)c1cc(F)ccc1[N+](=O)[O-]. The fourth-order valence-electron chi connectivity index (χ4n) is 2.12. The van der Waals surface area contributed by atoms with Gasteiger partial charge < -0.3 is 5.32 Å². The van der Waals surface area contributed by atoms with E-state index in [2.05, 4.69) is 5.32 Å². The maximum Gasteiger partial charge on any atom is 0.282 e. The van der Waals surface area contributed by atoms with E-state index in [1.54, 1.807) is 0 Å². The van der Waals surface area contributed by atoms with E-state index in [0.29, 0.717) is 12.5 Å². The summed E-state index contributed by atoms with van der Waals surface area (Å²) in [6, 6.07) is 2.89. The molecule has 0 unspecified atom stereocenters. The van der Waals surface area contributed by atoms with E-state index >= 15 is 0 Å². The van der Waals surface area contributed by atoms with Gasteiger partial charge in [0.2, 0.25) is 0 Å². The van der Waals surface area contributed by atoms with Gasteiger partial charge in [0, 0.05) is 12.6 Å². The summed E-state index contributed by atoms with van der Waals surface area (Å²) in [6.07, 6.45) is 4.45. The number of nitrogens with one attached hydrogen (secondary N) is 1. The zero-order valence-corrected chi connectivity index (χ0v) is 10.4. The third-order valence-corrected chi connectivity index (χ3v) is 3.46. The molecule has 1 amide bonds. The molecule has 0 aliphatic heterocycles. The minimum absolute atomic E-state index is 0.224. The van der Waals surface area contributed by atoms with E-state index in [0.717, 1.165) is 24.6 Å². The standard InChI is InChI=1S/C13H15FN2O3/c14-10-4-5-12(16(18)19)11(8-10)13(17)15-7-6-9-2-1-3-9/h4-5,8-9H,1-3,6-7H2,(H,15,17). The van der Waals surface area contributed by atoms with Crippen LogP contribution in [-0.4, -0.2) is 17.4 Å². The van der Waals surface area contributed by atoms with Gasteiger partial charge >= 0.3 is 0 Å². The summed E-state index contributed by atoms with van der Waals surface area (Å²) in [7, 11) is 0. The van der Waals surface area contributed by atoms with Crippen molar-refractivity contribution < 1.29 is 14.1 Å². The number of hydrogen-bond acceptors (Lipinski definition) is 3. The largest absolute Gasteiger partial charge is 0.352 e. The van der Waals surface area contributed by atoms with E-state index < -0.39 is 16.6 Å². The fourth-order valence-corrected chi connectivity index (χ4v) is 2.12. The molecule has 1 aliphatic rings. The first-order valence-electron chi connectivity index (χ1n) is 6.30. The van der Waals surface area contributed by atoms with Crippen LogP contribution in [0.2, 0.25) is 0 Å². The molecular formula is C13H15FN2O3. The van der Waals surface area contributed by atoms with Gasteiger partial charge in [-0.15, -0.1) is 0 Å². The van der Waals surface area contributed by atoms with E-state index in [4.69, 9.17) is 0 Å². The minimum atomic E-state index is -0.680. The van der Waals surface area contributed by atoms with Crippen LogP contribution in [0.1, 0.15) is 36.0 Å². The number of hydrogen-bond donors (Lipinski definition) is 1. The Balaban J connectivity index is 2.00. The molecule has 5 nitrogen and oxygen atoms in total. The Morgan fingerprint density at radius 2 is 2.21 bits per heavy atom. The van der Waals surface area contributed by atoms with Crippen molar-refractivity contribution >= 4 is 11.6 Å². The number of rotatable bonds is 5.